The van der Waals surface area contributed by atoms with Crippen LogP contribution in [0.25, 0.3) is 0 Å². The number of aliphatic carboxylic acids is 1. The van der Waals surface area contributed by atoms with E-state index in [4.69, 9.17) is 5.11 Å². The lowest BCUT2D eigenvalue weighted by Gasteiger charge is -2.24. The van der Waals surface area contributed by atoms with Crippen LogP contribution in [0.1, 0.15) is 39.0 Å². The van der Waals surface area contributed by atoms with E-state index < -0.39 is 18.0 Å². The molecular formula is C14H24N2O5. The van der Waals surface area contributed by atoms with Gasteiger partial charge in [-0.2, -0.15) is 0 Å². The summed E-state index contributed by atoms with van der Waals surface area (Å²) in [7, 11) is 1.25. The molecule has 0 bridgehead atoms. The Bertz CT molecular complexity index is 382. The number of methoxy groups -OCH3 is 1. The van der Waals surface area contributed by atoms with Gasteiger partial charge in [0.15, 0.2) is 0 Å². The Morgan fingerprint density at radius 3 is 2.52 bits per heavy atom. The molecule has 120 valence electrons. The van der Waals surface area contributed by atoms with Gasteiger partial charge in [-0.25, -0.2) is 9.59 Å². The molecule has 7 nitrogen and oxygen atoms in total. The number of carboxylic acids is 1. The van der Waals surface area contributed by atoms with Crippen molar-refractivity contribution in [2.24, 2.45) is 5.92 Å². The van der Waals surface area contributed by atoms with Crippen LogP contribution in [0, 0.1) is 5.92 Å². The number of ether oxygens (including phenoxy) is 1. The van der Waals surface area contributed by atoms with E-state index in [0.717, 1.165) is 19.3 Å². The Labute approximate surface area is 124 Å². The lowest BCUT2D eigenvalue weighted by Crippen LogP contribution is -2.49. The van der Waals surface area contributed by atoms with Gasteiger partial charge in [0.25, 0.3) is 0 Å². The molecule has 21 heavy (non-hydrogen) atoms. The smallest absolute Gasteiger partial charge is 0.326 e. The molecule has 0 aromatic rings. The normalized spacial score (nSPS) is 15.1. The number of nitrogens with zero attached hydrogens (tertiary/aromatic N) is 1. The van der Waals surface area contributed by atoms with E-state index in [-0.39, 0.29) is 18.9 Å². The van der Waals surface area contributed by atoms with E-state index in [1.807, 2.05) is 6.92 Å². The van der Waals surface area contributed by atoms with Gasteiger partial charge in [0.1, 0.15) is 6.04 Å². The van der Waals surface area contributed by atoms with Crippen LogP contribution in [0.5, 0.6) is 0 Å². The molecule has 1 rings (SSSR count). The average Bonchev–Trinajstić information content (AvgIpc) is 3.25. The minimum Gasteiger partial charge on any atom is -0.480 e. The number of carbonyl (C=O) groups excluding carboxylic acids is 2. The fraction of sp³-hybridized carbons (Fsp3) is 0.786. The third-order valence-electron chi connectivity index (χ3n) is 3.42. The van der Waals surface area contributed by atoms with Crippen LogP contribution in [0.3, 0.4) is 0 Å². The molecule has 0 aromatic heterocycles. The second kappa shape index (κ2) is 8.49. The van der Waals surface area contributed by atoms with Gasteiger partial charge in [-0.05, 0) is 31.6 Å². The van der Waals surface area contributed by atoms with Crippen LogP contribution in [0.2, 0.25) is 0 Å². The Balaban J connectivity index is 2.51. The number of hydrogen-bond acceptors (Lipinski definition) is 4. The van der Waals surface area contributed by atoms with Crippen molar-refractivity contribution in [2.75, 3.05) is 20.2 Å². The van der Waals surface area contributed by atoms with Gasteiger partial charge < -0.3 is 20.1 Å². The summed E-state index contributed by atoms with van der Waals surface area (Å²) in [4.78, 5) is 36.1. The zero-order chi connectivity index (χ0) is 15.8. The molecule has 0 heterocycles. The predicted octanol–water partition coefficient (Wildman–Crippen LogP) is 1.22. The van der Waals surface area contributed by atoms with Crippen molar-refractivity contribution < 1.29 is 24.2 Å². The van der Waals surface area contributed by atoms with Crippen LogP contribution in [0.4, 0.5) is 4.79 Å². The van der Waals surface area contributed by atoms with Crippen molar-refractivity contribution in [1.82, 2.24) is 10.2 Å². The molecule has 0 saturated heterocycles. The summed E-state index contributed by atoms with van der Waals surface area (Å²) in [6.07, 6.45) is 3.05. The Kier molecular flexibility index (Phi) is 6.98. The molecule has 1 fully saturated rings. The summed E-state index contributed by atoms with van der Waals surface area (Å²) in [6, 6.07) is -1.45. The summed E-state index contributed by atoms with van der Waals surface area (Å²) < 4.78 is 4.48. The van der Waals surface area contributed by atoms with Crippen LogP contribution in [0.15, 0.2) is 0 Å². The maximum Gasteiger partial charge on any atom is 0.326 e. The first-order chi connectivity index (χ1) is 9.97. The number of carbonyl (C=O) groups is 3. The van der Waals surface area contributed by atoms with E-state index in [2.05, 4.69) is 10.1 Å². The molecule has 0 aliphatic heterocycles. The van der Waals surface area contributed by atoms with Gasteiger partial charge >= 0.3 is 18.0 Å². The largest absolute Gasteiger partial charge is 0.480 e. The summed E-state index contributed by atoms with van der Waals surface area (Å²) in [5.74, 6) is -1.09. The SMILES string of the molecule is CCCN(CC1CC1)C(=O)N[C@H](CCC(=O)OC)C(=O)O. The van der Waals surface area contributed by atoms with Crippen molar-refractivity contribution >= 4 is 18.0 Å². The first kappa shape index (κ1) is 17.3. The van der Waals surface area contributed by atoms with E-state index >= 15 is 0 Å². The zero-order valence-electron chi connectivity index (χ0n) is 12.6. The second-order valence-corrected chi connectivity index (χ2v) is 5.34. The van der Waals surface area contributed by atoms with Crippen LogP contribution in [-0.2, 0) is 14.3 Å². The van der Waals surface area contributed by atoms with Gasteiger partial charge in [0.05, 0.1) is 7.11 Å². The van der Waals surface area contributed by atoms with Crippen LogP contribution < -0.4 is 5.32 Å². The maximum atomic E-state index is 12.2. The fourth-order valence-electron chi connectivity index (χ4n) is 2.02. The average molecular weight is 300 g/mol. The zero-order valence-corrected chi connectivity index (χ0v) is 12.6. The molecule has 1 atom stereocenters. The number of carboxylic acid groups (broad SMARTS) is 1. The lowest BCUT2D eigenvalue weighted by molar-refractivity contribution is -0.142. The highest BCUT2D eigenvalue weighted by molar-refractivity contribution is 5.83. The molecule has 7 heteroatoms. The molecule has 0 spiro atoms. The van der Waals surface area contributed by atoms with Gasteiger partial charge in [-0.3, -0.25) is 4.79 Å². The van der Waals surface area contributed by atoms with Crippen LogP contribution >= 0.6 is 0 Å². The van der Waals surface area contributed by atoms with Crippen molar-refractivity contribution in [1.29, 1.82) is 0 Å². The Morgan fingerprint density at radius 1 is 1.38 bits per heavy atom. The van der Waals surface area contributed by atoms with Gasteiger partial charge in [0.2, 0.25) is 0 Å². The lowest BCUT2D eigenvalue weighted by atomic mass is 10.1. The summed E-state index contributed by atoms with van der Waals surface area (Å²) in [6.45, 7) is 3.24. The maximum absolute atomic E-state index is 12.2. The van der Waals surface area contributed by atoms with Gasteiger partial charge in [-0.1, -0.05) is 6.92 Å². The highest BCUT2D eigenvalue weighted by Crippen LogP contribution is 2.29. The van der Waals surface area contributed by atoms with Gasteiger partial charge in [0, 0.05) is 19.5 Å². The fourth-order valence-corrected chi connectivity index (χ4v) is 2.02. The van der Waals surface area contributed by atoms with Gasteiger partial charge in [-0.15, -0.1) is 0 Å². The summed E-state index contributed by atoms with van der Waals surface area (Å²) in [5.41, 5.74) is 0. The highest BCUT2D eigenvalue weighted by atomic mass is 16.5. The molecule has 2 amide bonds. The molecule has 0 unspecified atom stereocenters. The molecule has 0 radical (unpaired) electrons. The topological polar surface area (TPSA) is 95.9 Å². The molecule has 1 aliphatic rings. The molecule has 0 aromatic carbocycles. The number of hydrogen-bond donors (Lipinski definition) is 2. The minimum atomic E-state index is -1.14. The first-order valence-electron chi connectivity index (χ1n) is 7.33. The summed E-state index contributed by atoms with van der Waals surface area (Å²) in [5, 5.41) is 11.6. The monoisotopic (exact) mass is 300 g/mol. The first-order valence-corrected chi connectivity index (χ1v) is 7.33. The van der Waals surface area contributed by atoms with Crippen molar-refractivity contribution in [3.8, 4) is 0 Å². The minimum absolute atomic E-state index is 0.0249. The quantitative estimate of drug-likeness (QED) is 0.624. The number of nitrogens with one attached hydrogen (secondary N) is 1. The standard InChI is InChI=1S/C14H24N2O5/c1-3-8-16(9-10-4-5-10)14(20)15-11(13(18)19)6-7-12(17)21-2/h10-11H,3-9H2,1-2H3,(H,15,20)(H,18,19)/t11-/m1/s1. The van der Waals surface area contributed by atoms with E-state index in [0.29, 0.717) is 19.0 Å². The van der Waals surface area contributed by atoms with Crippen molar-refractivity contribution in [3.63, 3.8) is 0 Å². The summed E-state index contributed by atoms with van der Waals surface area (Å²) >= 11 is 0. The third-order valence-corrected chi connectivity index (χ3v) is 3.42. The van der Waals surface area contributed by atoms with Crippen LogP contribution in [-0.4, -0.2) is 54.2 Å². The predicted molar refractivity (Wildman–Crippen MR) is 75.8 cm³/mol. The number of esters is 1. The molecule has 1 aliphatic carbocycles. The van der Waals surface area contributed by atoms with Crippen molar-refractivity contribution in [2.45, 2.75) is 45.1 Å². The molecule has 1 saturated carbocycles. The number of rotatable bonds is 9. The third kappa shape index (κ3) is 6.46. The molecular weight excluding hydrogens is 276 g/mol. The second-order valence-electron chi connectivity index (χ2n) is 5.34. The Hall–Kier alpha value is -1.79. The van der Waals surface area contributed by atoms with E-state index in [1.165, 1.54) is 7.11 Å². The molecule has 2 N–H and O–H groups in total. The Morgan fingerprint density at radius 2 is 2.05 bits per heavy atom. The number of amides is 2. The number of urea groups is 1. The van der Waals surface area contributed by atoms with E-state index in [1.54, 1.807) is 4.90 Å². The highest BCUT2D eigenvalue weighted by Gasteiger charge is 2.28. The van der Waals surface area contributed by atoms with E-state index in [9.17, 15) is 14.4 Å². The van der Waals surface area contributed by atoms with Crippen molar-refractivity contribution in [3.05, 3.63) is 0 Å².